The zero-order valence-corrected chi connectivity index (χ0v) is 14.8. The summed E-state index contributed by atoms with van der Waals surface area (Å²) in [4.78, 5) is 37.6. The van der Waals surface area contributed by atoms with Crippen LogP contribution in [-0.2, 0) is 23.9 Å². The monoisotopic (exact) mass is 327 g/mol. The van der Waals surface area contributed by atoms with Gasteiger partial charge in [0.2, 0.25) is 5.91 Å². The zero-order valence-electron chi connectivity index (χ0n) is 14.8. The molecule has 23 heavy (non-hydrogen) atoms. The first kappa shape index (κ1) is 19.6. The van der Waals surface area contributed by atoms with Gasteiger partial charge in [-0.25, -0.2) is 0 Å². The quantitative estimate of drug-likeness (QED) is 0.450. The third kappa shape index (κ3) is 6.69. The minimum absolute atomic E-state index is 0.0356. The predicted molar refractivity (Wildman–Crippen MR) is 85.7 cm³/mol. The zero-order chi connectivity index (χ0) is 17.6. The standard InChI is InChI=1S/C17H29NO5/c1-6-13(17(21)23-10-15-9-22-15)8-14(16(20)18(4)5)7-11(2)12(3)19/h11,13-15H,6-10H2,1-5H3. The molecule has 6 nitrogen and oxygen atoms in total. The van der Waals surface area contributed by atoms with Crippen LogP contribution in [-0.4, -0.2) is 56.0 Å². The molecule has 1 amide bonds. The number of carbonyl (C=O) groups excluding carboxylic acids is 3. The summed E-state index contributed by atoms with van der Waals surface area (Å²) in [6, 6.07) is 0. The van der Waals surface area contributed by atoms with E-state index in [9.17, 15) is 14.4 Å². The van der Waals surface area contributed by atoms with Gasteiger partial charge in [0.05, 0.1) is 12.5 Å². The van der Waals surface area contributed by atoms with Gasteiger partial charge < -0.3 is 14.4 Å². The van der Waals surface area contributed by atoms with Gasteiger partial charge in [0.15, 0.2) is 0 Å². The van der Waals surface area contributed by atoms with Gasteiger partial charge in [-0.3, -0.25) is 14.4 Å². The Morgan fingerprint density at radius 1 is 1.22 bits per heavy atom. The molecule has 0 radical (unpaired) electrons. The van der Waals surface area contributed by atoms with Crippen LogP contribution in [0.3, 0.4) is 0 Å². The number of Topliss-reactive ketones (excluding diaryl/α,β-unsaturated/α-hetero) is 1. The van der Waals surface area contributed by atoms with E-state index in [4.69, 9.17) is 9.47 Å². The highest BCUT2D eigenvalue weighted by Crippen LogP contribution is 2.25. The number of ketones is 1. The van der Waals surface area contributed by atoms with Crippen LogP contribution >= 0.6 is 0 Å². The molecule has 0 aromatic heterocycles. The van der Waals surface area contributed by atoms with Crippen LogP contribution in [0.1, 0.15) is 40.0 Å². The van der Waals surface area contributed by atoms with Gasteiger partial charge in [-0.05, 0) is 26.2 Å². The number of epoxide rings is 1. The first-order valence-electron chi connectivity index (χ1n) is 8.26. The van der Waals surface area contributed by atoms with Crippen LogP contribution in [0.25, 0.3) is 0 Å². The minimum Gasteiger partial charge on any atom is -0.463 e. The Kier molecular flexibility index (Phi) is 7.68. The van der Waals surface area contributed by atoms with E-state index in [1.165, 1.54) is 11.8 Å². The molecule has 1 fully saturated rings. The van der Waals surface area contributed by atoms with E-state index in [1.54, 1.807) is 14.1 Å². The molecule has 132 valence electrons. The summed E-state index contributed by atoms with van der Waals surface area (Å²) in [5, 5.41) is 0. The van der Waals surface area contributed by atoms with Gasteiger partial charge in [0.25, 0.3) is 0 Å². The molecule has 0 saturated carbocycles. The van der Waals surface area contributed by atoms with Crippen LogP contribution in [0.2, 0.25) is 0 Å². The number of amides is 1. The van der Waals surface area contributed by atoms with Gasteiger partial charge in [-0.2, -0.15) is 0 Å². The van der Waals surface area contributed by atoms with Crippen molar-refractivity contribution in [3.63, 3.8) is 0 Å². The van der Waals surface area contributed by atoms with Crippen molar-refractivity contribution < 1.29 is 23.9 Å². The maximum absolute atomic E-state index is 12.4. The van der Waals surface area contributed by atoms with E-state index in [-0.39, 0.29) is 48.1 Å². The highest BCUT2D eigenvalue weighted by molar-refractivity contribution is 5.82. The van der Waals surface area contributed by atoms with Crippen molar-refractivity contribution >= 4 is 17.7 Å². The summed E-state index contributed by atoms with van der Waals surface area (Å²) in [5.74, 6) is -1.15. The fourth-order valence-electron chi connectivity index (χ4n) is 2.49. The second kappa shape index (κ2) is 9.01. The lowest BCUT2D eigenvalue weighted by molar-refractivity contribution is -0.150. The molecule has 4 atom stereocenters. The van der Waals surface area contributed by atoms with Crippen LogP contribution in [0, 0.1) is 17.8 Å². The molecule has 1 aliphatic heterocycles. The molecular weight excluding hydrogens is 298 g/mol. The molecule has 0 spiro atoms. The van der Waals surface area contributed by atoms with E-state index in [0.29, 0.717) is 25.9 Å². The number of rotatable bonds is 10. The fraction of sp³-hybridized carbons (Fsp3) is 0.824. The Morgan fingerprint density at radius 2 is 1.83 bits per heavy atom. The Morgan fingerprint density at radius 3 is 2.26 bits per heavy atom. The maximum atomic E-state index is 12.4. The molecule has 0 aliphatic carbocycles. The fourth-order valence-corrected chi connectivity index (χ4v) is 2.49. The summed E-state index contributed by atoms with van der Waals surface area (Å²) in [6.45, 7) is 6.18. The third-order valence-corrected chi connectivity index (χ3v) is 4.33. The normalized spacial score (nSPS) is 20.3. The topological polar surface area (TPSA) is 76.2 Å². The molecule has 1 saturated heterocycles. The highest BCUT2D eigenvalue weighted by Gasteiger charge is 2.31. The summed E-state index contributed by atoms with van der Waals surface area (Å²) in [7, 11) is 3.38. The Bertz CT molecular complexity index is 431. The second-order valence-electron chi connectivity index (χ2n) is 6.60. The summed E-state index contributed by atoms with van der Waals surface area (Å²) in [5.41, 5.74) is 0. The van der Waals surface area contributed by atoms with Gasteiger partial charge in [-0.1, -0.05) is 13.8 Å². The van der Waals surface area contributed by atoms with E-state index < -0.39 is 0 Å². The SMILES string of the molecule is CCC(CC(CC(C)C(C)=O)C(=O)N(C)C)C(=O)OCC1CO1. The third-order valence-electron chi connectivity index (χ3n) is 4.33. The summed E-state index contributed by atoms with van der Waals surface area (Å²) >= 11 is 0. The molecule has 0 aromatic rings. The Balaban J connectivity index is 2.68. The number of carbonyl (C=O) groups is 3. The summed E-state index contributed by atoms with van der Waals surface area (Å²) < 4.78 is 10.3. The van der Waals surface area contributed by atoms with E-state index in [1.807, 2.05) is 13.8 Å². The van der Waals surface area contributed by atoms with Crippen molar-refractivity contribution in [3.05, 3.63) is 0 Å². The average molecular weight is 327 g/mol. The lowest BCUT2D eigenvalue weighted by atomic mass is 9.84. The van der Waals surface area contributed by atoms with Crippen LogP contribution in [0.5, 0.6) is 0 Å². The number of ether oxygens (including phenoxy) is 2. The number of hydrogen-bond acceptors (Lipinski definition) is 5. The van der Waals surface area contributed by atoms with Gasteiger partial charge >= 0.3 is 5.97 Å². The van der Waals surface area contributed by atoms with Crippen molar-refractivity contribution in [1.29, 1.82) is 0 Å². The van der Waals surface area contributed by atoms with Gasteiger partial charge in [0, 0.05) is 25.9 Å². The van der Waals surface area contributed by atoms with Crippen LogP contribution in [0.15, 0.2) is 0 Å². The molecule has 6 heteroatoms. The van der Waals surface area contributed by atoms with Crippen molar-refractivity contribution in [3.8, 4) is 0 Å². The Labute approximate surface area is 138 Å². The lowest BCUT2D eigenvalue weighted by Crippen LogP contribution is -2.34. The molecule has 0 aromatic carbocycles. The molecule has 1 heterocycles. The second-order valence-corrected chi connectivity index (χ2v) is 6.60. The average Bonchev–Trinajstić information content (AvgIpc) is 3.31. The van der Waals surface area contributed by atoms with E-state index >= 15 is 0 Å². The van der Waals surface area contributed by atoms with Crippen molar-refractivity contribution in [2.75, 3.05) is 27.3 Å². The number of hydrogen-bond donors (Lipinski definition) is 0. The van der Waals surface area contributed by atoms with Gasteiger partial charge in [0.1, 0.15) is 18.5 Å². The molecule has 4 unspecified atom stereocenters. The maximum Gasteiger partial charge on any atom is 0.309 e. The first-order valence-corrected chi connectivity index (χ1v) is 8.26. The largest absolute Gasteiger partial charge is 0.463 e. The number of nitrogens with zero attached hydrogens (tertiary/aromatic N) is 1. The van der Waals surface area contributed by atoms with E-state index in [0.717, 1.165) is 0 Å². The first-order chi connectivity index (χ1) is 10.8. The molecule has 0 N–H and O–H groups in total. The molecule has 1 aliphatic rings. The summed E-state index contributed by atoms with van der Waals surface area (Å²) in [6.07, 6.45) is 1.52. The molecule has 0 bridgehead atoms. The predicted octanol–water partition coefficient (Wildman–Crippen LogP) is 1.66. The van der Waals surface area contributed by atoms with Crippen molar-refractivity contribution in [2.45, 2.75) is 46.1 Å². The van der Waals surface area contributed by atoms with E-state index in [2.05, 4.69) is 0 Å². The lowest BCUT2D eigenvalue weighted by Gasteiger charge is -2.25. The van der Waals surface area contributed by atoms with Crippen molar-refractivity contribution in [1.82, 2.24) is 4.90 Å². The van der Waals surface area contributed by atoms with Crippen LogP contribution < -0.4 is 0 Å². The number of esters is 1. The van der Waals surface area contributed by atoms with Crippen molar-refractivity contribution in [2.24, 2.45) is 17.8 Å². The smallest absolute Gasteiger partial charge is 0.309 e. The Hall–Kier alpha value is -1.43. The van der Waals surface area contributed by atoms with Crippen LogP contribution in [0.4, 0.5) is 0 Å². The molecular formula is C17H29NO5. The minimum atomic E-state index is -0.349. The highest BCUT2D eigenvalue weighted by atomic mass is 16.6. The van der Waals surface area contributed by atoms with Gasteiger partial charge in [-0.15, -0.1) is 0 Å². The molecule has 1 rings (SSSR count).